The summed E-state index contributed by atoms with van der Waals surface area (Å²) in [6.07, 6.45) is 4.78. The van der Waals surface area contributed by atoms with Gasteiger partial charge in [0.25, 0.3) is 0 Å². The predicted molar refractivity (Wildman–Crippen MR) is 71.0 cm³/mol. The predicted octanol–water partition coefficient (Wildman–Crippen LogP) is 1.69. The topological polar surface area (TPSA) is 55.6 Å². The number of imidazole rings is 1. The molecule has 5 heteroatoms. The van der Waals surface area contributed by atoms with E-state index in [9.17, 15) is 0 Å². The molecule has 1 N–H and O–H groups in total. The Labute approximate surface area is 107 Å². The summed E-state index contributed by atoms with van der Waals surface area (Å²) in [6, 6.07) is 2.01. The molecule has 0 spiro atoms. The maximum Gasteiger partial charge on any atom is 0.196 e. The first kappa shape index (κ1) is 12.7. The van der Waals surface area contributed by atoms with Crippen molar-refractivity contribution >= 4 is 0 Å². The van der Waals surface area contributed by atoms with Crippen LogP contribution in [0.2, 0.25) is 0 Å². The monoisotopic (exact) mass is 245 g/mol. The molecule has 2 aromatic rings. The molecule has 96 valence electrons. The summed E-state index contributed by atoms with van der Waals surface area (Å²) in [5, 5.41) is 3.35. The lowest BCUT2D eigenvalue weighted by atomic mass is 10.3. The Morgan fingerprint density at radius 2 is 2.17 bits per heavy atom. The van der Waals surface area contributed by atoms with Gasteiger partial charge >= 0.3 is 0 Å². The van der Waals surface area contributed by atoms with Crippen molar-refractivity contribution in [3.63, 3.8) is 0 Å². The van der Waals surface area contributed by atoms with E-state index < -0.39 is 0 Å². The van der Waals surface area contributed by atoms with Gasteiger partial charge in [-0.1, -0.05) is 6.92 Å². The Kier molecular flexibility index (Phi) is 4.04. The zero-order valence-electron chi connectivity index (χ0n) is 11.1. The van der Waals surface area contributed by atoms with E-state index >= 15 is 0 Å². The second-order valence-corrected chi connectivity index (χ2v) is 4.36. The van der Waals surface area contributed by atoms with Gasteiger partial charge in [0.1, 0.15) is 0 Å². The quantitative estimate of drug-likeness (QED) is 0.814. The fourth-order valence-corrected chi connectivity index (χ4v) is 1.80. The summed E-state index contributed by atoms with van der Waals surface area (Å²) >= 11 is 0. The first-order valence-electron chi connectivity index (χ1n) is 6.23. The Morgan fingerprint density at radius 3 is 2.83 bits per heavy atom. The number of nitrogens with zero attached hydrogens (tertiary/aromatic N) is 4. The zero-order chi connectivity index (χ0) is 13.0. The van der Waals surface area contributed by atoms with Crippen LogP contribution in [0.25, 0.3) is 11.6 Å². The molecule has 0 atom stereocenters. The number of nitrogens with one attached hydrogen (secondary N) is 1. The molecule has 18 heavy (non-hydrogen) atoms. The zero-order valence-corrected chi connectivity index (χ0v) is 11.1. The molecule has 0 aliphatic heterocycles. The summed E-state index contributed by atoms with van der Waals surface area (Å²) in [5.74, 6) is 1.49. The molecule has 0 aliphatic carbocycles. The van der Waals surface area contributed by atoms with Crippen molar-refractivity contribution in [2.75, 3.05) is 6.54 Å². The van der Waals surface area contributed by atoms with Crippen molar-refractivity contribution in [1.82, 2.24) is 24.8 Å². The molecule has 2 rings (SSSR count). The maximum absolute atomic E-state index is 4.55. The summed E-state index contributed by atoms with van der Waals surface area (Å²) < 4.78 is 1.93. The van der Waals surface area contributed by atoms with Crippen molar-refractivity contribution in [3.8, 4) is 11.6 Å². The summed E-state index contributed by atoms with van der Waals surface area (Å²) in [6.45, 7) is 5.91. The summed E-state index contributed by atoms with van der Waals surface area (Å²) in [5.41, 5.74) is 1.98. The summed E-state index contributed by atoms with van der Waals surface area (Å²) in [7, 11) is 1.95. The van der Waals surface area contributed by atoms with Gasteiger partial charge in [-0.3, -0.25) is 0 Å². The number of rotatable bonds is 5. The Hall–Kier alpha value is -1.75. The average molecular weight is 245 g/mol. The van der Waals surface area contributed by atoms with E-state index in [2.05, 4.69) is 27.2 Å². The minimum Gasteiger partial charge on any atom is -0.331 e. The molecule has 0 saturated heterocycles. The Bertz CT molecular complexity index is 518. The van der Waals surface area contributed by atoms with Gasteiger partial charge < -0.3 is 9.88 Å². The highest BCUT2D eigenvalue weighted by Gasteiger charge is 2.08. The minimum atomic E-state index is 0.691. The van der Waals surface area contributed by atoms with Crippen LogP contribution in [0.5, 0.6) is 0 Å². The number of hydrogen-bond donors (Lipinski definition) is 1. The van der Waals surface area contributed by atoms with Gasteiger partial charge in [0.05, 0.1) is 5.69 Å². The number of aromatic nitrogens is 4. The van der Waals surface area contributed by atoms with E-state index in [-0.39, 0.29) is 0 Å². The molecule has 0 bridgehead atoms. The van der Waals surface area contributed by atoms with Gasteiger partial charge in [0.15, 0.2) is 11.6 Å². The molecule has 0 fully saturated rings. The lowest BCUT2D eigenvalue weighted by molar-refractivity contribution is 0.662. The third kappa shape index (κ3) is 2.92. The van der Waals surface area contributed by atoms with Crippen LogP contribution >= 0.6 is 0 Å². The minimum absolute atomic E-state index is 0.691. The normalized spacial score (nSPS) is 10.8. The second kappa shape index (κ2) is 5.73. The van der Waals surface area contributed by atoms with Crippen molar-refractivity contribution in [3.05, 3.63) is 29.8 Å². The van der Waals surface area contributed by atoms with E-state index in [1.807, 2.05) is 30.8 Å². The van der Waals surface area contributed by atoms with E-state index in [1.165, 1.54) is 0 Å². The Morgan fingerprint density at radius 1 is 1.33 bits per heavy atom. The molecule has 2 heterocycles. The van der Waals surface area contributed by atoms with Crippen LogP contribution in [0, 0.1) is 6.92 Å². The molecule has 0 saturated carbocycles. The highest BCUT2D eigenvalue weighted by Crippen LogP contribution is 2.12. The van der Waals surface area contributed by atoms with E-state index in [0.717, 1.165) is 36.7 Å². The van der Waals surface area contributed by atoms with Crippen molar-refractivity contribution in [1.29, 1.82) is 0 Å². The van der Waals surface area contributed by atoms with Crippen LogP contribution in [0.3, 0.4) is 0 Å². The standard InChI is InChI=1S/C13H19N5/c1-4-5-14-9-11-8-10(2)16-12(17-11)13-15-6-7-18(13)3/h6-8,14H,4-5,9H2,1-3H3. The van der Waals surface area contributed by atoms with Gasteiger partial charge in [-0.25, -0.2) is 15.0 Å². The maximum atomic E-state index is 4.55. The van der Waals surface area contributed by atoms with Gasteiger partial charge in [0, 0.05) is 31.7 Å². The lowest BCUT2D eigenvalue weighted by Crippen LogP contribution is -2.15. The van der Waals surface area contributed by atoms with Crippen molar-refractivity contribution < 1.29 is 0 Å². The fourth-order valence-electron chi connectivity index (χ4n) is 1.80. The molecule has 0 unspecified atom stereocenters. The van der Waals surface area contributed by atoms with Crippen molar-refractivity contribution in [2.45, 2.75) is 26.8 Å². The molecule has 2 aromatic heterocycles. The molecule has 0 radical (unpaired) electrons. The highest BCUT2D eigenvalue weighted by molar-refractivity contribution is 5.44. The SMILES string of the molecule is CCCNCc1cc(C)nc(-c2nccn2C)n1. The van der Waals surface area contributed by atoms with E-state index in [0.29, 0.717) is 5.82 Å². The van der Waals surface area contributed by atoms with Crippen molar-refractivity contribution in [2.24, 2.45) is 7.05 Å². The molecule has 0 aromatic carbocycles. The molecular weight excluding hydrogens is 226 g/mol. The van der Waals surface area contributed by atoms with Crippen LogP contribution < -0.4 is 5.32 Å². The van der Waals surface area contributed by atoms with E-state index in [4.69, 9.17) is 0 Å². The third-order valence-electron chi connectivity index (χ3n) is 2.66. The smallest absolute Gasteiger partial charge is 0.196 e. The number of hydrogen-bond acceptors (Lipinski definition) is 4. The second-order valence-electron chi connectivity index (χ2n) is 4.36. The first-order valence-corrected chi connectivity index (χ1v) is 6.23. The van der Waals surface area contributed by atoms with Gasteiger partial charge in [-0.15, -0.1) is 0 Å². The molecule has 0 aliphatic rings. The first-order chi connectivity index (χ1) is 8.70. The van der Waals surface area contributed by atoms with Crippen LogP contribution in [0.1, 0.15) is 24.7 Å². The third-order valence-corrected chi connectivity index (χ3v) is 2.66. The van der Waals surface area contributed by atoms with Crippen LogP contribution in [0.15, 0.2) is 18.5 Å². The number of aryl methyl sites for hydroxylation is 2. The Balaban J connectivity index is 2.24. The largest absolute Gasteiger partial charge is 0.331 e. The van der Waals surface area contributed by atoms with Gasteiger partial charge in [0.2, 0.25) is 0 Å². The van der Waals surface area contributed by atoms with Crippen LogP contribution in [0.4, 0.5) is 0 Å². The van der Waals surface area contributed by atoms with Crippen LogP contribution in [-0.2, 0) is 13.6 Å². The lowest BCUT2D eigenvalue weighted by Gasteiger charge is -2.06. The molecule has 0 amide bonds. The fraction of sp³-hybridized carbons (Fsp3) is 0.462. The molecular formula is C13H19N5. The summed E-state index contributed by atoms with van der Waals surface area (Å²) in [4.78, 5) is 13.3. The molecule has 5 nitrogen and oxygen atoms in total. The van der Waals surface area contributed by atoms with E-state index in [1.54, 1.807) is 6.20 Å². The van der Waals surface area contributed by atoms with Crippen LogP contribution in [-0.4, -0.2) is 26.1 Å². The highest BCUT2D eigenvalue weighted by atomic mass is 15.1. The van der Waals surface area contributed by atoms with Gasteiger partial charge in [-0.05, 0) is 26.0 Å². The van der Waals surface area contributed by atoms with Gasteiger partial charge in [-0.2, -0.15) is 0 Å². The average Bonchev–Trinajstić information content (AvgIpc) is 2.75.